The van der Waals surface area contributed by atoms with E-state index in [1.807, 2.05) is 21.1 Å². The van der Waals surface area contributed by atoms with Crippen LogP contribution in [0.3, 0.4) is 0 Å². The van der Waals surface area contributed by atoms with E-state index in [4.69, 9.17) is 18.9 Å². The average molecular weight is 1370 g/mol. The number of hydrogen-bond acceptors (Lipinski definition) is 8. The molecular formula is C89H157NO8. The Kier molecular flexibility index (Phi) is 75.4. The Balaban J connectivity index is 4.03. The lowest BCUT2D eigenvalue weighted by Crippen LogP contribution is -2.44. The molecule has 0 saturated carbocycles. The van der Waals surface area contributed by atoms with Gasteiger partial charge in [0.15, 0.2) is 12.4 Å². The van der Waals surface area contributed by atoms with Crippen molar-refractivity contribution < 1.29 is 42.9 Å². The highest BCUT2D eigenvalue weighted by Gasteiger charge is 2.22. The number of likely N-dealkylation sites (N-methyl/N-ethyl adjacent to an activating group) is 1. The third-order valence-corrected chi connectivity index (χ3v) is 18.3. The number of aliphatic carboxylic acids is 1. The first-order valence-corrected chi connectivity index (χ1v) is 41.5. The van der Waals surface area contributed by atoms with E-state index in [0.717, 1.165) is 103 Å². The van der Waals surface area contributed by atoms with Crippen LogP contribution in [0.25, 0.3) is 0 Å². The lowest BCUT2D eigenvalue weighted by atomic mass is 10.0. The van der Waals surface area contributed by atoms with Gasteiger partial charge < -0.3 is 33.3 Å². The third kappa shape index (κ3) is 79.3. The number of carboxylic acids is 1. The van der Waals surface area contributed by atoms with E-state index >= 15 is 0 Å². The Morgan fingerprint density at radius 1 is 0.316 bits per heavy atom. The second kappa shape index (κ2) is 78.7. The van der Waals surface area contributed by atoms with Crippen molar-refractivity contribution >= 4 is 17.9 Å². The van der Waals surface area contributed by atoms with Crippen LogP contribution in [-0.2, 0) is 33.3 Å². The van der Waals surface area contributed by atoms with E-state index in [1.54, 1.807) is 0 Å². The van der Waals surface area contributed by atoms with Gasteiger partial charge in [-0.05, 0) is 83.5 Å². The number of allylic oxidation sites excluding steroid dienone is 18. The summed E-state index contributed by atoms with van der Waals surface area (Å²) in [5.41, 5.74) is 0. The number of carbonyl (C=O) groups excluding carboxylic acids is 3. The van der Waals surface area contributed by atoms with E-state index in [0.29, 0.717) is 23.9 Å². The molecule has 2 atom stereocenters. The van der Waals surface area contributed by atoms with Crippen molar-refractivity contribution in [1.29, 1.82) is 0 Å². The summed E-state index contributed by atoms with van der Waals surface area (Å²) in [5.74, 6) is -2.28. The second-order valence-electron chi connectivity index (χ2n) is 29.0. The lowest BCUT2D eigenvalue weighted by Gasteiger charge is -2.26. The number of hydrogen-bond donors (Lipinski definition) is 0. The topological polar surface area (TPSA) is 111 Å². The van der Waals surface area contributed by atoms with Crippen LogP contribution in [0.1, 0.15) is 380 Å². The van der Waals surface area contributed by atoms with E-state index in [-0.39, 0.29) is 32.2 Å². The molecule has 0 aromatic heterocycles. The van der Waals surface area contributed by atoms with E-state index in [2.05, 4.69) is 123 Å². The van der Waals surface area contributed by atoms with Gasteiger partial charge in [-0.25, -0.2) is 0 Å². The minimum atomic E-state index is -1.63. The fourth-order valence-electron chi connectivity index (χ4n) is 12.0. The molecule has 0 bridgehead atoms. The van der Waals surface area contributed by atoms with Crippen molar-refractivity contribution in [3.63, 3.8) is 0 Å². The SMILES string of the molecule is CC/C=C\C/C=C\C/C=C\C/C=C\C/C=C\C/C=C\C/C=C\C/C=C\C/C=C\CCCCCCCCCCCC(=O)OC(COC(=O)CCCCCCCCCCCCCCCCCCCCCCCCCCCCCCCCCCCCCC)COC(OCC[N+](C)(C)C)C(=O)[O-]. The number of quaternary nitrogens is 1. The summed E-state index contributed by atoms with van der Waals surface area (Å²) in [5, 5.41) is 11.9. The van der Waals surface area contributed by atoms with Crippen LogP contribution in [0, 0.1) is 0 Å². The number of esters is 2. The Bertz CT molecular complexity index is 1990. The van der Waals surface area contributed by atoms with Crippen molar-refractivity contribution in [2.24, 2.45) is 0 Å². The van der Waals surface area contributed by atoms with Crippen molar-refractivity contribution in [2.75, 3.05) is 47.5 Å². The Morgan fingerprint density at radius 3 is 0.867 bits per heavy atom. The molecule has 0 radical (unpaired) electrons. The zero-order chi connectivity index (χ0) is 71.1. The van der Waals surface area contributed by atoms with Gasteiger partial charge in [-0.2, -0.15) is 0 Å². The summed E-state index contributed by atoms with van der Waals surface area (Å²) < 4.78 is 22.9. The molecule has 2 unspecified atom stereocenters. The molecule has 0 spiro atoms. The molecule has 0 fully saturated rings. The van der Waals surface area contributed by atoms with Crippen LogP contribution >= 0.6 is 0 Å². The average Bonchev–Trinajstić information content (AvgIpc) is 1.26. The van der Waals surface area contributed by atoms with Crippen LogP contribution in [0.15, 0.2) is 109 Å². The number of rotatable bonds is 77. The van der Waals surface area contributed by atoms with Crippen molar-refractivity contribution in [1.82, 2.24) is 0 Å². The first-order chi connectivity index (χ1) is 48.1. The molecule has 0 N–H and O–H groups in total. The number of carbonyl (C=O) groups is 3. The number of ether oxygens (including phenoxy) is 4. The maximum atomic E-state index is 13.0. The minimum absolute atomic E-state index is 0.144. The fraction of sp³-hybridized carbons (Fsp3) is 0.764. The number of carboxylic acid groups (broad SMARTS) is 1. The Labute approximate surface area is 606 Å². The molecule has 0 saturated heterocycles. The maximum absolute atomic E-state index is 13.0. The zero-order valence-corrected chi connectivity index (χ0v) is 64.9. The van der Waals surface area contributed by atoms with Crippen LogP contribution in [-0.4, -0.2) is 82.3 Å². The van der Waals surface area contributed by atoms with Gasteiger partial charge >= 0.3 is 11.9 Å². The summed E-state index contributed by atoms with van der Waals surface area (Å²) in [7, 11) is 5.94. The molecular weight excluding hydrogens is 1210 g/mol. The highest BCUT2D eigenvalue weighted by molar-refractivity contribution is 5.70. The van der Waals surface area contributed by atoms with Crippen LogP contribution in [0.4, 0.5) is 0 Å². The van der Waals surface area contributed by atoms with Gasteiger partial charge in [0.2, 0.25) is 0 Å². The van der Waals surface area contributed by atoms with Crippen molar-refractivity contribution in [2.45, 2.75) is 392 Å². The van der Waals surface area contributed by atoms with Crippen LogP contribution < -0.4 is 5.11 Å². The third-order valence-electron chi connectivity index (χ3n) is 18.3. The molecule has 98 heavy (non-hydrogen) atoms. The quantitative estimate of drug-likeness (QED) is 0.0195. The van der Waals surface area contributed by atoms with Gasteiger partial charge in [0, 0.05) is 12.8 Å². The molecule has 0 amide bonds. The van der Waals surface area contributed by atoms with Gasteiger partial charge in [-0.3, -0.25) is 9.59 Å². The first kappa shape index (κ1) is 93.9. The normalized spacial score (nSPS) is 13.2. The monoisotopic (exact) mass is 1370 g/mol. The summed E-state index contributed by atoms with van der Waals surface area (Å²) in [6.07, 6.45) is 108. The summed E-state index contributed by atoms with van der Waals surface area (Å²) in [6.45, 7) is 4.67. The molecule has 0 heterocycles. The molecule has 0 rings (SSSR count). The van der Waals surface area contributed by atoms with Gasteiger partial charge in [-0.1, -0.05) is 393 Å². The summed E-state index contributed by atoms with van der Waals surface area (Å²) in [6, 6.07) is 0. The second-order valence-corrected chi connectivity index (χ2v) is 29.0. The highest BCUT2D eigenvalue weighted by Crippen LogP contribution is 2.19. The van der Waals surface area contributed by atoms with E-state index in [9.17, 15) is 19.5 Å². The molecule has 9 nitrogen and oxygen atoms in total. The zero-order valence-electron chi connectivity index (χ0n) is 64.9. The van der Waals surface area contributed by atoms with Crippen LogP contribution in [0.5, 0.6) is 0 Å². The van der Waals surface area contributed by atoms with Gasteiger partial charge in [0.1, 0.15) is 13.2 Å². The Morgan fingerprint density at radius 2 is 0.582 bits per heavy atom. The molecule has 0 aliphatic heterocycles. The number of nitrogens with zero attached hydrogens (tertiary/aromatic N) is 1. The largest absolute Gasteiger partial charge is 0.545 e. The molecule has 0 aromatic carbocycles. The molecule has 0 aliphatic rings. The van der Waals surface area contributed by atoms with Gasteiger partial charge in [0.05, 0.1) is 40.3 Å². The summed E-state index contributed by atoms with van der Waals surface area (Å²) >= 11 is 0. The maximum Gasteiger partial charge on any atom is 0.306 e. The Hall–Kier alpha value is -4.05. The standard InChI is InChI=1S/C89H157NO8/c1-6-8-10-12-14-16-18-20-22-24-26-28-30-32-34-36-38-40-42-44-46-48-50-52-54-56-58-60-62-64-66-68-70-72-74-76-78-80-87(92)98-85(84-97-89(88(93)94)95-82-81-90(3,4)5)83-96-86(91)79-77-75-73-71-69-67-65-63-61-59-57-55-53-51-49-47-45-43-41-39-37-35-33-31-29-27-25-23-21-19-17-15-13-11-9-7-2/h8,10,14,16,20,22,26,28,32,34,38,40,44,46,50,52,56,58,85,89H,6-7,9,11-13,15,17-19,21,23-25,27,29-31,33,35-37,39,41-43,45,47-49,51,53-55,57,59-84H2,1-5H3/b10-8-,16-14-,22-20-,28-26-,34-32-,40-38-,46-44-,52-50-,58-56-. The van der Waals surface area contributed by atoms with Gasteiger partial charge in [0.25, 0.3) is 0 Å². The molecule has 9 heteroatoms. The predicted molar refractivity (Wildman–Crippen MR) is 421 cm³/mol. The fourth-order valence-corrected chi connectivity index (χ4v) is 12.0. The predicted octanol–water partition coefficient (Wildman–Crippen LogP) is 25.5. The molecule has 0 aliphatic carbocycles. The molecule has 566 valence electrons. The van der Waals surface area contributed by atoms with Crippen molar-refractivity contribution in [3.05, 3.63) is 109 Å². The highest BCUT2D eigenvalue weighted by atomic mass is 16.7. The lowest BCUT2D eigenvalue weighted by molar-refractivity contribution is -0.870. The van der Waals surface area contributed by atoms with Crippen molar-refractivity contribution in [3.8, 4) is 0 Å². The first-order valence-electron chi connectivity index (χ1n) is 41.5. The molecule has 0 aromatic rings. The minimum Gasteiger partial charge on any atom is -0.545 e. The van der Waals surface area contributed by atoms with Crippen LogP contribution in [0.2, 0.25) is 0 Å². The smallest absolute Gasteiger partial charge is 0.306 e. The van der Waals surface area contributed by atoms with E-state index in [1.165, 1.54) is 244 Å². The van der Waals surface area contributed by atoms with Gasteiger partial charge in [-0.15, -0.1) is 0 Å². The van der Waals surface area contributed by atoms with E-state index < -0.39 is 24.3 Å². The summed E-state index contributed by atoms with van der Waals surface area (Å²) in [4.78, 5) is 37.6. The number of unbranched alkanes of at least 4 members (excludes halogenated alkanes) is 44.